The Morgan fingerprint density at radius 1 is 1.14 bits per heavy atom. The van der Waals surface area contributed by atoms with E-state index in [1.165, 1.54) is 5.57 Å². The van der Waals surface area contributed by atoms with Crippen LogP contribution in [0, 0.1) is 10.8 Å². The summed E-state index contributed by atoms with van der Waals surface area (Å²) in [5, 5.41) is 8.08. The summed E-state index contributed by atoms with van der Waals surface area (Å²) in [4.78, 5) is 0. The molecule has 1 N–H and O–H groups in total. The van der Waals surface area contributed by atoms with Crippen LogP contribution in [0.2, 0.25) is 0 Å². The van der Waals surface area contributed by atoms with Gasteiger partial charge in [0, 0.05) is 0 Å². The van der Waals surface area contributed by atoms with E-state index in [0.29, 0.717) is 5.41 Å². The zero-order valence-electron chi connectivity index (χ0n) is 15.8. The highest BCUT2D eigenvalue weighted by Gasteiger charge is 2.19. The van der Waals surface area contributed by atoms with Crippen LogP contribution in [-0.4, -0.2) is 24.4 Å². The van der Waals surface area contributed by atoms with Crippen molar-refractivity contribution in [3.05, 3.63) is 23.8 Å². The molecule has 0 saturated carbocycles. The Labute approximate surface area is 133 Å². The number of aliphatic hydroxyl groups excluding tert-OH is 1. The third-order valence-electron chi connectivity index (χ3n) is 2.75. The second-order valence-electron chi connectivity index (χ2n) is 7.31. The van der Waals surface area contributed by atoms with Gasteiger partial charge in [-0.2, -0.15) is 0 Å². The maximum Gasteiger partial charge on any atom is 0.104 e. The van der Waals surface area contributed by atoms with Crippen molar-refractivity contribution in [1.29, 1.82) is 0 Å². The fourth-order valence-electron chi connectivity index (χ4n) is 1.39. The van der Waals surface area contributed by atoms with E-state index in [0.717, 1.165) is 13.0 Å². The lowest BCUT2D eigenvalue weighted by molar-refractivity contribution is 0.244. The Bertz CT molecular complexity index is 297. The molecule has 2 heteroatoms. The quantitative estimate of drug-likeness (QED) is 0.561. The Balaban J connectivity index is 0. The SMILES string of the molecule is C/C=C\C(=C/CC(C)(C)C)C(C)(C)C.CC.OCC1CO1. The lowest BCUT2D eigenvalue weighted by atomic mass is 9.83. The van der Waals surface area contributed by atoms with Crippen LogP contribution in [0.15, 0.2) is 23.8 Å². The predicted molar refractivity (Wildman–Crippen MR) is 94.6 cm³/mol. The fraction of sp³-hybridized carbons (Fsp3) is 0.789. The lowest BCUT2D eigenvalue weighted by Crippen LogP contribution is -2.10. The van der Waals surface area contributed by atoms with Crippen molar-refractivity contribution < 1.29 is 9.84 Å². The van der Waals surface area contributed by atoms with Crippen molar-refractivity contribution in [3.63, 3.8) is 0 Å². The molecular formula is C19H38O2. The van der Waals surface area contributed by atoms with E-state index in [1.54, 1.807) is 0 Å². The van der Waals surface area contributed by atoms with Gasteiger partial charge in [0.25, 0.3) is 0 Å². The lowest BCUT2D eigenvalue weighted by Gasteiger charge is -2.23. The molecule has 0 aromatic rings. The van der Waals surface area contributed by atoms with E-state index < -0.39 is 0 Å². The average molecular weight is 299 g/mol. The molecule has 0 aromatic heterocycles. The van der Waals surface area contributed by atoms with Crippen LogP contribution in [0.3, 0.4) is 0 Å². The highest BCUT2D eigenvalue weighted by atomic mass is 16.6. The average Bonchev–Trinajstić information content (AvgIpc) is 3.19. The molecule has 1 rings (SSSR count). The Morgan fingerprint density at radius 2 is 1.62 bits per heavy atom. The van der Waals surface area contributed by atoms with Crippen molar-refractivity contribution in [1.82, 2.24) is 0 Å². The van der Waals surface area contributed by atoms with Crippen LogP contribution in [0.4, 0.5) is 0 Å². The van der Waals surface area contributed by atoms with E-state index in [-0.39, 0.29) is 18.1 Å². The van der Waals surface area contributed by atoms with Crippen molar-refractivity contribution >= 4 is 0 Å². The van der Waals surface area contributed by atoms with Crippen molar-refractivity contribution in [3.8, 4) is 0 Å². The molecule has 0 radical (unpaired) electrons. The van der Waals surface area contributed by atoms with E-state index in [2.05, 4.69) is 71.4 Å². The first kappa shape index (κ1) is 22.7. The largest absolute Gasteiger partial charge is 0.394 e. The maximum absolute atomic E-state index is 8.08. The summed E-state index contributed by atoms with van der Waals surface area (Å²) in [5.74, 6) is 0. The first-order valence-corrected chi connectivity index (χ1v) is 8.16. The first-order valence-electron chi connectivity index (χ1n) is 8.16. The van der Waals surface area contributed by atoms with Gasteiger partial charge in [-0.25, -0.2) is 0 Å². The van der Waals surface area contributed by atoms with Gasteiger partial charge in [-0.15, -0.1) is 0 Å². The third kappa shape index (κ3) is 15.6. The van der Waals surface area contributed by atoms with Crippen LogP contribution in [0.1, 0.15) is 68.7 Å². The molecule has 2 nitrogen and oxygen atoms in total. The molecule has 0 spiro atoms. The van der Waals surface area contributed by atoms with Gasteiger partial charge in [0.1, 0.15) is 6.10 Å². The summed E-state index contributed by atoms with van der Waals surface area (Å²) >= 11 is 0. The van der Waals surface area contributed by atoms with Crippen molar-refractivity contribution in [2.45, 2.75) is 74.8 Å². The van der Waals surface area contributed by atoms with Gasteiger partial charge < -0.3 is 9.84 Å². The smallest absolute Gasteiger partial charge is 0.104 e. The second kappa shape index (κ2) is 11.0. The minimum atomic E-state index is 0.190. The summed E-state index contributed by atoms with van der Waals surface area (Å²) < 4.78 is 4.61. The standard InChI is InChI=1S/C14H26.C3H6O2.C2H6/c1-8-9-12(14(5,6)7)10-11-13(2,3)4;4-1-3-2-5-3;1-2/h8-10H,11H2,1-7H3;3-4H,1-2H2;1-2H3/b9-8-,12-10+;;. The van der Waals surface area contributed by atoms with E-state index in [9.17, 15) is 0 Å². The molecule has 21 heavy (non-hydrogen) atoms. The minimum Gasteiger partial charge on any atom is -0.394 e. The van der Waals surface area contributed by atoms with Crippen LogP contribution < -0.4 is 0 Å². The topological polar surface area (TPSA) is 32.8 Å². The van der Waals surface area contributed by atoms with E-state index in [1.807, 2.05) is 13.8 Å². The van der Waals surface area contributed by atoms with Crippen LogP contribution >= 0.6 is 0 Å². The summed E-state index contributed by atoms with van der Waals surface area (Å²) in [6, 6.07) is 0. The zero-order valence-corrected chi connectivity index (χ0v) is 15.8. The van der Waals surface area contributed by atoms with Gasteiger partial charge in [0.05, 0.1) is 13.2 Å². The number of allylic oxidation sites excluding steroid dienone is 4. The van der Waals surface area contributed by atoms with Gasteiger partial charge >= 0.3 is 0 Å². The van der Waals surface area contributed by atoms with Crippen LogP contribution in [-0.2, 0) is 4.74 Å². The Morgan fingerprint density at radius 3 is 1.81 bits per heavy atom. The van der Waals surface area contributed by atoms with Crippen LogP contribution in [0.5, 0.6) is 0 Å². The Hall–Kier alpha value is -0.600. The summed E-state index contributed by atoms with van der Waals surface area (Å²) in [6.45, 7) is 20.7. The molecule has 1 aliphatic heterocycles. The number of rotatable bonds is 3. The minimum absolute atomic E-state index is 0.190. The molecule has 126 valence electrons. The van der Waals surface area contributed by atoms with Crippen molar-refractivity contribution in [2.75, 3.05) is 13.2 Å². The number of hydrogen-bond donors (Lipinski definition) is 1. The van der Waals surface area contributed by atoms with Crippen LogP contribution in [0.25, 0.3) is 0 Å². The Kier molecular flexibility index (Phi) is 11.9. The molecule has 1 saturated heterocycles. The highest BCUT2D eigenvalue weighted by molar-refractivity contribution is 5.24. The van der Waals surface area contributed by atoms with Gasteiger partial charge in [-0.3, -0.25) is 0 Å². The van der Waals surface area contributed by atoms with Gasteiger partial charge in [-0.1, -0.05) is 73.6 Å². The number of aliphatic hydroxyl groups is 1. The third-order valence-corrected chi connectivity index (χ3v) is 2.75. The van der Waals surface area contributed by atoms with E-state index in [4.69, 9.17) is 5.11 Å². The van der Waals surface area contributed by atoms with E-state index >= 15 is 0 Å². The fourth-order valence-corrected chi connectivity index (χ4v) is 1.39. The molecule has 1 atom stereocenters. The predicted octanol–water partition coefficient (Wildman–Crippen LogP) is 5.37. The van der Waals surface area contributed by atoms with Gasteiger partial charge in [-0.05, 0) is 29.7 Å². The monoisotopic (exact) mass is 298 g/mol. The normalized spacial score (nSPS) is 18.6. The first-order chi connectivity index (χ1) is 9.60. The summed E-state index contributed by atoms with van der Waals surface area (Å²) in [7, 11) is 0. The summed E-state index contributed by atoms with van der Waals surface area (Å²) in [6.07, 6.45) is 8.06. The molecule has 0 amide bonds. The molecule has 1 aliphatic rings. The number of hydrogen-bond acceptors (Lipinski definition) is 2. The molecule has 1 heterocycles. The maximum atomic E-state index is 8.08. The number of ether oxygens (including phenoxy) is 1. The summed E-state index contributed by atoms with van der Waals surface area (Å²) in [5.41, 5.74) is 2.09. The molecule has 1 unspecified atom stereocenters. The zero-order chi connectivity index (χ0) is 17.1. The highest BCUT2D eigenvalue weighted by Crippen LogP contribution is 2.29. The molecule has 0 bridgehead atoms. The molecular weight excluding hydrogens is 260 g/mol. The second-order valence-corrected chi connectivity index (χ2v) is 7.31. The molecule has 1 fully saturated rings. The molecule has 0 aliphatic carbocycles. The molecule has 0 aromatic carbocycles. The van der Waals surface area contributed by atoms with Crippen molar-refractivity contribution in [2.24, 2.45) is 10.8 Å². The van der Waals surface area contributed by atoms with Gasteiger partial charge in [0.2, 0.25) is 0 Å². The van der Waals surface area contributed by atoms with Gasteiger partial charge in [0.15, 0.2) is 0 Å². The number of epoxide rings is 1.